The number of aromatic amines is 1. The number of nitrogens with one attached hydrogen (secondary N) is 1. The summed E-state index contributed by atoms with van der Waals surface area (Å²) in [4.78, 5) is 14.2. The third-order valence-electron chi connectivity index (χ3n) is 2.18. The van der Waals surface area contributed by atoms with Gasteiger partial charge in [0.2, 0.25) is 0 Å². The number of fused-ring (bicyclic) bond motifs is 1. The summed E-state index contributed by atoms with van der Waals surface area (Å²) in [5, 5.41) is 9.31. The van der Waals surface area contributed by atoms with Gasteiger partial charge in [-0.05, 0) is 18.6 Å². The van der Waals surface area contributed by atoms with Crippen LogP contribution in [0.2, 0.25) is 0 Å². The normalized spacial score (nSPS) is 10.0. The number of carbonyl (C=O) groups is 1. The Kier molecular flexibility index (Phi) is 1.83. The zero-order chi connectivity index (χ0) is 10.1. The molecule has 68 valence electrons. The van der Waals surface area contributed by atoms with Crippen LogP contribution in [0.25, 0.3) is 10.9 Å². The maximum atomic E-state index is 11.2. The number of aromatic nitrogens is 1. The van der Waals surface area contributed by atoms with E-state index in [0.717, 1.165) is 16.5 Å². The SMILES string of the molecule is Cc1ccc2c(C(=O)C#N)c[nH]c2c1. The molecule has 0 unspecified atom stereocenters. The van der Waals surface area contributed by atoms with Crippen LogP contribution in [0.3, 0.4) is 0 Å². The number of hydrogen-bond donors (Lipinski definition) is 1. The zero-order valence-corrected chi connectivity index (χ0v) is 7.66. The highest BCUT2D eigenvalue weighted by Crippen LogP contribution is 2.19. The number of nitrogens with zero attached hydrogens (tertiary/aromatic N) is 1. The van der Waals surface area contributed by atoms with E-state index in [4.69, 9.17) is 5.26 Å². The van der Waals surface area contributed by atoms with Crippen LogP contribution in [-0.2, 0) is 0 Å². The van der Waals surface area contributed by atoms with Gasteiger partial charge in [-0.1, -0.05) is 12.1 Å². The van der Waals surface area contributed by atoms with Crippen molar-refractivity contribution in [1.82, 2.24) is 4.98 Å². The second-order valence-electron chi connectivity index (χ2n) is 3.19. The van der Waals surface area contributed by atoms with Crippen molar-refractivity contribution in [3.8, 4) is 6.07 Å². The highest BCUT2D eigenvalue weighted by Gasteiger charge is 2.10. The number of nitriles is 1. The molecule has 3 heteroatoms. The zero-order valence-electron chi connectivity index (χ0n) is 7.66. The number of Topliss-reactive ketones (excluding diaryl/α,β-unsaturated/α-hetero) is 1. The van der Waals surface area contributed by atoms with Crippen LogP contribution in [0.4, 0.5) is 0 Å². The number of H-pyrrole nitrogens is 1. The number of carbonyl (C=O) groups excluding carboxylic acids is 1. The third-order valence-corrected chi connectivity index (χ3v) is 2.18. The van der Waals surface area contributed by atoms with Crippen molar-refractivity contribution in [2.45, 2.75) is 6.92 Å². The van der Waals surface area contributed by atoms with Crippen LogP contribution in [0.5, 0.6) is 0 Å². The fraction of sp³-hybridized carbons (Fsp3) is 0.0909. The Balaban J connectivity index is 2.71. The van der Waals surface area contributed by atoms with Crippen LogP contribution in [0, 0.1) is 18.3 Å². The van der Waals surface area contributed by atoms with Crippen LogP contribution >= 0.6 is 0 Å². The standard InChI is InChI=1S/C11H8N2O/c1-7-2-3-8-9(11(14)5-12)6-13-10(8)4-7/h2-4,6,13H,1H3. The molecule has 0 spiro atoms. The van der Waals surface area contributed by atoms with Crippen molar-refractivity contribution in [2.24, 2.45) is 0 Å². The van der Waals surface area contributed by atoms with Gasteiger partial charge in [0.25, 0.3) is 5.78 Å². The summed E-state index contributed by atoms with van der Waals surface area (Å²) in [5.41, 5.74) is 2.46. The van der Waals surface area contributed by atoms with E-state index < -0.39 is 5.78 Å². The van der Waals surface area contributed by atoms with Crippen LogP contribution in [-0.4, -0.2) is 10.8 Å². The quantitative estimate of drug-likeness (QED) is 0.545. The Morgan fingerprint density at radius 2 is 2.29 bits per heavy atom. The predicted molar refractivity (Wildman–Crippen MR) is 53.0 cm³/mol. The molecule has 0 radical (unpaired) electrons. The van der Waals surface area contributed by atoms with Gasteiger partial charge in [-0.3, -0.25) is 4.79 Å². The molecule has 2 aromatic rings. The summed E-state index contributed by atoms with van der Waals surface area (Å²) < 4.78 is 0. The highest BCUT2D eigenvalue weighted by molar-refractivity contribution is 6.15. The monoisotopic (exact) mass is 184 g/mol. The lowest BCUT2D eigenvalue weighted by molar-refractivity contribution is 0.105. The number of hydrogen-bond acceptors (Lipinski definition) is 2. The first-order valence-corrected chi connectivity index (χ1v) is 4.24. The van der Waals surface area contributed by atoms with Crippen LogP contribution in [0.15, 0.2) is 24.4 Å². The summed E-state index contributed by atoms with van der Waals surface area (Å²) in [6, 6.07) is 7.34. The van der Waals surface area contributed by atoms with E-state index in [0.29, 0.717) is 5.56 Å². The molecule has 1 heterocycles. The van der Waals surface area contributed by atoms with Gasteiger partial charge in [-0.25, -0.2) is 0 Å². The van der Waals surface area contributed by atoms with Crippen molar-refractivity contribution in [3.63, 3.8) is 0 Å². The molecule has 0 bridgehead atoms. The number of aryl methyl sites for hydroxylation is 1. The van der Waals surface area contributed by atoms with Crippen molar-refractivity contribution >= 4 is 16.7 Å². The molecule has 14 heavy (non-hydrogen) atoms. The Hall–Kier alpha value is -2.08. The molecule has 0 saturated carbocycles. The fourth-order valence-electron chi connectivity index (χ4n) is 1.49. The van der Waals surface area contributed by atoms with Crippen LogP contribution in [0.1, 0.15) is 15.9 Å². The minimum Gasteiger partial charge on any atom is -0.360 e. The van der Waals surface area contributed by atoms with Gasteiger partial charge < -0.3 is 4.98 Å². The van der Waals surface area contributed by atoms with Gasteiger partial charge in [0.1, 0.15) is 6.07 Å². The van der Waals surface area contributed by atoms with E-state index in [1.54, 1.807) is 12.3 Å². The van der Waals surface area contributed by atoms with E-state index in [-0.39, 0.29) is 0 Å². The van der Waals surface area contributed by atoms with Crippen molar-refractivity contribution < 1.29 is 4.79 Å². The van der Waals surface area contributed by atoms with Gasteiger partial charge >= 0.3 is 0 Å². The first-order chi connectivity index (χ1) is 6.72. The molecule has 1 aromatic heterocycles. The minimum absolute atomic E-state index is 0.447. The molecule has 0 saturated heterocycles. The van der Waals surface area contributed by atoms with Gasteiger partial charge in [0.15, 0.2) is 0 Å². The molecule has 3 nitrogen and oxygen atoms in total. The number of benzene rings is 1. The second kappa shape index (κ2) is 3.00. The maximum absolute atomic E-state index is 11.2. The molecule has 0 aliphatic rings. The summed E-state index contributed by atoms with van der Waals surface area (Å²) in [6.45, 7) is 1.98. The second-order valence-corrected chi connectivity index (χ2v) is 3.19. The van der Waals surface area contributed by atoms with Gasteiger partial charge in [0.05, 0.1) is 5.56 Å². The van der Waals surface area contributed by atoms with E-state index >= 15 is 0 Å². The molecule has 1 aromatic carbocycles. The largest absolute Gasteiger partial charge is 0.360 e. The molecule has 0 fully saturated rings. The van der Waals surface area contributed by atoms with E-state index in [9.17, 15) is 4.79 Å². The first kappa shape index (κ1) is 8.52. The lowest BCUT2D eigenvalue weighted by Crippen LogP contribution is -1.91. The molecule has 0 aliphatic heterocycles. The third kappa shape index (κ3) is 1.17. The molecule has 0 atom stereocenters. The maximum Gasteiger partial charge on any atom is 0.264 e. The number of ketones is 1. The van der Waals surface area contributed by atoms with E-state index in [2.05, 4.69) is 4.98 Å². The summed E-state index contributed by atoms with van der Waals surface area (Å²) in [7, 11) is 0. The Morgan fingerprint density at radius 3 is 3.00 bits per heavy atom. The average Bonchev–Trinajstić information content (AvgIpc) is 2.59. The van der Waals surface area contributed by atoms with Crippen molar-refractivity contribution in [3.05, 3.63) is 35.5 Å². The summed E-state index contributed by atoms with van der Waals surface area (Å²) >= 11 is 0. The molecule has 1 N–H and O–H groups in total. The van der Waals surface area contributed by atoms with Gasteiger partial charge in [-0.15, -0.1) is 0 Å². The molecule has 2 rings (SSSR count). The fourth-order valence-corrected chi connectivity index (χ4v) is 1.49. The number of rotatable bonds is 1. The summed E-state index contributed by atoms with van der Waals surface area (Å²) in [6.07, 6.45) is 1.58. The van der Waals surface area contributed by atoms with E-state index in [1.165, 1.54) is 0 Å². The van der Waals surface area contributed by atoms with Gasteiger partial charge in [0, 0.05) is 17.1 Å². The van der Waals surface area contributed by atoms with Crippen LogP contribution < -0.4 is 0 Å². The predicted octanol–water partition coefficient (Wildman–Crippen LogP) is 2.18. The molecular formula is C11H8N2O. The smallest absolute Gasteiger partial charge is 0.264 e. The van der Waals surface area contributed by atoms with Gasteiger partial charge in [-0.2, -0.15) is 5.26 Å². The van der Waals surface area contributed by atoms with E-state index in [1.807, 2.05) is 25.1 Å². The molecule has 0 amide bonds. The summed E-state index contributed by atoms with van der Waals surface area (Å²) in [5.74, 6) is -0.500. The molecular weight excluding hydrogens is 176 g/mol. The first-order valence-electron chi connectivity index (χ1n) is 4.24. The Labute approximate surface area is 81.0 Å². The van der Waals surface area contributed by atoms with Crippen molar-refractivity contribution in [2.75, 3.05) is 0 Å². The highest BCUT2D eigenvalue weighted by atomic mass is 16.1. The molecule has 0 aliphatic carbocycles. The lowest BCUT2D eigenvalue weighted by atomic mass is 10.1. The minimum atomic E-state index is -0.500. The van der Waals surface area contributed by atoms with Crippen molar-refractivity contribution in [1.29, 1.82) is 5.26 Å². The Bertz CT molecular complexity index is 546. The topological polar surface area (TPSA) is 56.6 Å². The lowest BCUT2D eigenvalue weighted by Gasteiger charge is -1.93. The Morgan fingerprint density at radius 1 is 1.50 bits per heavy atom. The average molecular weight is 184 g/mol.